The monoisotopic (exact) mass is 430 g/mol. The van der Waals surface area contributed by atoms with Gasteiger partial charge in [-0.1, -0.05) is 6.07 Å². The molecule has 1 amide bonds. The maximum atomic E-state index is 13.4. The third-order valence-electron chi connectivity index (χ3n) is 4.10. The highest BCUT2D eigenvalue weighted by molar-refractivity contribution is 7.98. The smallest absolute Gasteiger partial charge is 0.226 e. The third kappa shape index (κ3) is 4.80. The summed E-state index contributed by atoms with van der Waals surface area (Å²) in [6.07, 6.45) is 4.28. The summed E-state index contributed by atoms with van der Waals surface area (Å²) in [5.41, 5.74) is 2.83. The molecule has 0 aliphatic rings. The molecule has 0 spiro atoms. The van der Waals surface area contributed by atoms with Gasteiger partial charge in [-0.15, -0.1) is 11.3 Å². The number of rotatable bonds is 7. The van der Waals surface area contributed by atoms with Crippen LogP contribution in [0.2, 0.25) is 0 Å². The lowest BCUT2D eigenvalue weighted by molar-refractivity contribution is -0.115. The number of benzene rings is 1. The van der Waals surface area contributed by atoms with E-state index in [1.165, 1.54) is 17.4 Å². The fourth-order valence-electron chi connectivity index (χ4n) is 2.70. The predicted octanol–water partition coefficient (Wildman–Crippen LogP) is 5.00. The van der Waals surface area contributed by atoms with Gasteiger partial charge in [-0.25, -0.2) is 18.7 Å². The van der Waals surface area contributed by atoms with Crippen molar-refractivity contribution in [3.8, 4) is 11.3 Å². The van der Waals surface area contributed by atoms with Crippen molar-refractivity contribution in [3.05, 3.63) is 71.5 Å². The molecule has 0 unspecified atom stereocenters. The molecule has 148 valence electrons. The SMILES string of the molecule is O=C(CCSCc1cn2ccccc2n1)Nc1nc(-c2ccc(F)c(F)c2)cs1. The van der Waals surface area contributed by atoms with Crippen LogP contribution in [0.4, 0.5) is 13.9 Å². The van der Waals surface area contributed by atoms with Crippen molar-refractivity contribution in [1.29, 1.82) is 0 Å². The molecule has 0 bridgehead atoms. The standard InChI is InChI=1S/C20H16F2N4OS2/c21-15-5-4-13(9-16(15)22)17-12-29-20(24-17)25-19(27)6-8-28-11-14-10-26-7-2-1-3-18(26)23-14/h1-5,7,9-10,12H,6,8,11H2,(H,24,25,27). The van der Waals surface area contributed by atoms with Crippen LogP contribution < -0.4 is 5.32 Å². The minimum atomic E-state index is -0.927. The van der Waals surface area contributed by atoms with E-state index >= 15 is 0 Å². The van der Waals surface area contributed by atoms with Crippen LogP contribution in [0.3, 0.4) is 0 Å². The van der Waals surface area contributed by atoms with Crippen molar-refractivity contribution in [1.82, 2.24) is 14.4 Å². The second-order valence-electron chi connectivity index (χ2n) is 6.22. The summed E-state index contributed by atoms with van der Waals surface area (Å²) in [6, 6.07) is 9.44. The Hall–Kier alpha value is -2.78. The summed E-state index contributed by atoms with van der Waals surface area (Å²) >= 11 is 2.88. The van der Waals surface area contributed by atoms with E-state index in [4.69, 9.17) is 0 Å². The summed E-state index contributed by atoms with van der Waals surface area (Å²) in [4.78, 5) is 20.9. The Morgan fingerprint density at radius 2 is 2.07 bits per heavy atom. The first-order valence-electron chi connectivity index (χ1n) is 8.79. The molecule has 0 aliphatic heterocycles. The molecule has 0 aliphatic carbocycles. The summed E-state index contributed by atoms with van der Waals surface area (Å²) < 4.78 is 28.4. The number of pyridine rings is 1. The summed E-state index contributed by atoms with van der Waals surface area (Å²) in [5.74, 6) is -0.589. The van der Waals surface area contributed by atoms with E-state index in [1.807, 2.05) is 35.0 Å². The molecular weight excluding hydrogens is 414 g/mol. The predicted molar refractivity (Wildman–Crippen MR) is 112 cm³/mol. The number of hydrogen-bond donors (Lipinski definition) is 1. The number of anilines is 1. The number of amides is 1. The molecule has 3 aromatic heterocycles. The summed E-state index contributed by atoms with van der Waals surface area (Å²) in [6.45, 7) is 0. The van der Waals surface area contributed by atoms with E-state index in [0.29, 0.717) is 28.6 Å². The molecule has 5 nitrogen and oxygen atoms in total. The van der Waals surface area contributed by atoms with E-state index in [2.05, 4.69) is 15.3 Å². The first-order valence-corrected chi connectivity index (χ1v) is 10.8. The largest absolute Gasteiger partial charge is 0.307 e. The van der Waals surface area contributed by atoms with Gasteiger partial charge in [0, 0.05) is 41.3 Å². The second-order valence-corrected chi connectivity index (χ2v) is 8.18. The van der Waals surface area contributed by atoms with Gasteiger partial charge in [0.25, 0.3) is 0 Å². The lowest BCUT2D eigenvalue weighted by Crippen LogP contribution is -2.12. The van der Waals surface area contributed by atoms with Crippen molar-refractivity contribution in [2.45, 2.75) is 12.2 Å². The highest BCUT2D eigenvalue weighted by atomic mass is 32.2. The quantitative estimate of drug-likeness (QED) is 0.419. The van der Waals surface area contributed by atoms with E-state index in [-0.39, 0.29) is 5.91 Å². The zero-order valence-electron chi connectivity index (χ0n) is 15.1. The molecule has 0 saturated heterocycles. The van der Waals surface area contributed by atoms with Crippen molar-refractivity contribution < 1.29 is 13.6 Å². The number of fused-ring (bicyclic) bond motifs is 1. The highest BCUT2D eigenvalue weighted by Crippen LogP contribution is 2.26. The van der Waals surface area contributed by atoms with Crippen LogP contribution in [0.5, 0.6) is 0 Å². The molecular formula is C20H16F2N4OS2. The van der Waals surface area contributed by atoms with Gasteiger partial charge < -0.3 is 9.72 Å². The Morgan fingerprint density at radius 3 is 2.90 bits per heavy atom. The van der Waals surface area contributed by atoms with Crippen molar-refractivity contribution >= 4 is 39.8 Å². The number of imidazole rings is 1. The van der Waals surface area contributed by atoms with Crippen molar-refractivity contribution in [2.24, 2.45) is 0 Å². The van der Waals surface area contributed by atoms with E-state index < -0.39 is 11.6 Å². The minimum Gasteiger partial charge on any atom is -0.307 e. The molecule has 0 saturated carbocycles. The fourth-order valence-corrected chi connectivity index (χ4v) is 4.26. The average Bonchev–Trinajstić information content (AvgIpc) is 3.34. The Kier molecular flexibility index (Phi) is 5.86. The number of hydrogen-bond acceptors (Lipinski definition) is 5. The van der Waals surface area contributed by atoms with E-state index in [0.717, 1.165) is 29.2 Å². The third-order valence-corrected chi connectivity index (χ3v) is 5.85. The van der Waals surface area contributed by atoms with Gasteiger partial charge in [-0.2, -0.15) is 11.8 Å². The molecule has 1 N–H and O–H groups in total. The molecule has 0 radical (unpaired) electrons. The van der Waals surface area contributed by atoms with Gasteiger partial charge in [0.05, 0.1) is 11.4 Å². The molecule has 0 atom stereocenters. The van der Waals surface area contributed by atoms with Crippen LogP contribution in [0.25, 0.3) is 16.9 Å². The highest BCUT2D eigenvalue weighted by Gasteiger charge is 2.10. The number of halogens is 2. The maximum Gasteiger partial charge on any atom is 0.226 e. The van der Waals surface area contributed by atoms with Crippen molar-refractivity contribution in [3.63, 3.8) is 0 Å². The fraction of sp³-hybridized carbons (Fsp3) is 0.150. The maximum absolute atomic E-state index is 13.4. The Balaban J connectivity index is 1.25. The van der Waals surface area contributed by atoms with E-state index in [9.17, 15) is 13.6 Å². The normalized spacial score (nSPS) is 11.1. The number of aromatic nitrogens is 3. The Morgan fingerprint density at radius 1 is 1.17 bits per heavy atom. The van der Waals surface area contributed by atoms with Gasteiger partial charge >= 0.3 is 0 Å². The van der Waals surface area contributed by atoms with Gasteiger partial charge in [0.2, 0.25) is 5.91 Å². The number of nitrogens with one attached hydrogen (secondary N) is 1. The second kappa shape index (κ2) is 8.71. The number of carbonyl (C=O) groups is 1. The van der Waals surface area contributed by atoms with Gasteiger partial charge in [0.1, 0.15) is 5.65 Å². The summed E-state index contributed by atoms with van der Waals surface area (Å²) in [5, 5.41) is 4.87. The van der Waals surface area contributed by atoms with Crippen LogP contribution in [0.15, 0.2) is 54.2 Å². The molecule has 1 aromatic carbocycles. The molecule has 4 aromatic rings. The number of thioether (sulfide) groups is 1. The molecule has 4 rings (SSSR count). The van der Waals surface area contributed by atoms with Crippen LogP contribution in [0, 0.1) is 11.6 Å². The average molecular weight is 431 g/mol. The lowest BCUT2D eigenvalue weighted by atomic mass is 10.2. The van der Waals surface area contributed by atoms with Crippen LogP contribution >= 0.6 is 23.1 Å². The van der Waals surface area contributed by atoms with Crippen molar-refractivity contribution in [2.75, 3.05) is 11.1 Å². The molecule has 29 heavy (non-hydrogen) atoms. The molecule has 9 heteroatoms. The van der Waals surface area contributed by atoms with Gasteiger partial charge in [-0.3, -0.25) is 4.79 Å². The molecule has 3 heterocycles. The van der Waals surface area contributed by atoms with Gasteiger partial charge in [-0.05, 0) is 30.3 Å². The first-order chi connectivity index (χ1) is 14.1. The minimum absolute atomic E-state index is 0.140. The number of nitrogens with zero attached hydrogens (tertiary/aromatic N) is 3. The van der Waals surface area contributed by atoms with Crippen LogP contribution in [-0.2, 0) is 10.5 Å². The topological polar surface area (TPSA) is 59.3 Å². The van der Waals surface area contributed by atoms with Crippen LogP contribution in [-0.4, -0.2) is 26.0 Å². The Labute approximate surface area is 173 Å². The zero-order chi connectivity index (χ0) is 20.2. The molecule has 0 fully saturated rings. The van der Waals surface area contributed by atoms with E-state index in [1.54, 1.807) is 17.1 Å². The zero-order valence-corrected chi connectivity index (χ0v) is 16.8. The summed E-state index contributed by atoms with van der Waals surface area (Å²) in [7, 11) is 0. The lowest BCUT2D eigenvalue weighted by Gasteiger charge is -2.01. The number of thiazole rings is 1. The number of carbonyl (C=O) groups excluding carboxylic acids is 1. The van der Waals surface area contributed by atoms with Crippen LogP contribution in [0.1, 0.15) is 12.1 Å². The Bertz CT molecular complexity index is 1130. The first kappa shape index (κ1) is 19.5. The van der Waals surface area contributed by atoms with Gasteiger partial charge in [0.15, 0.2) is 16.8 Å².